The van der Waals surface area contributed by atoms with Crippen LogP contribution in [0.1, 0.15) is 66.0 Å². The van der Waals surface area contributed by atoms with Gasteiger partial charge in [-0.05, 0) is 0 Å². The molecule has 2 aromatic rings. The van der Waals surface area contributed by atoms with E-state index in [1.807, 2.05) is 0 Å². The molecule has 1 fully saturated rings. The average molecular weight is 529 g/mol. The van der Waals surface area contributed by atoms with Gasteiger partial charge < -0.3 is 23.7 Å². The summed E-state index contributed by atoms with van der Waals surface area (Å²) >= 11 is 0. The molecule has 1 aliphatic heterocycles. The molecule has 14 nitrogen and oxygen atoms in total. The van der Waals surface area contributed by atoms with Crippen LogP contribution in [0.25, 0.3) is 0 Å². The van der Waals surface area contributed by atoms with Crippen molar-refractivity contribution in [1.29, 1.82) is 0 Å². The molecule has 1 aliphatic carbocycles. The summed E-state index contributed by atoms with van der Waals surface area (Å²) in [5.74, 6) is -4.30. The number of rotatable bonds is 6. The highest BCUT2D eigenvalue weighted by molar-refractivity contribution is 6.26. The topological polar surface area (TPSA) is 179 Å². The number of carbonyl (C=O) groups is 6. The Kier molecular flexibility index (Phi) is 7.35. The fourth-order valence-electron chi connectivity index (χ4n) is 4.37. The minimum Gasteiger partial charge on any atom is -0.463 e. The van der Waals surface area contributed by atoms with Gasteiger partial charge in [0.05, 0.1) is 0 Å². The molecule has 5 atom stereocenters. The van der Waals surface area contributed by atoms with Gasteiger partial charge in [-0.25, -0.2) is 4.68 Å². The van der Waals surface area contributed by atoms with Crippen LogP contribution in [0.15, 0.2) is 24.3 Å². The second kappa shape index (κ2) is 10.5. The van der Waals surface area contributed by atoms with Gasteiger partial charge in [0.15, 0.2) is 30.2 Å². The highest BCUT2D eigenvalue weighted by Crippen LogP contribution is 2.37. The lowest BCUT2D eigenvalue weighted by Crippen LogP contribution is -2.61. The lowest BCUT2D eigenvalue weighted by atomic mass is 9.89. The van der Waals surface area contributed by atoms with Gasteiger partial charge in [-0.2, -0.15) is 0 Å². The van der Waals surface area contributed by atoms with Crippen molar-refractivity contribution < 1.29 is 52.5 Å². The second-order valence-electron chi connectivity index (χ2n) is 8.52. The summed E-state index contributed by atoms with van der Waals surface area (Å²) in [7, 11) is 0. The van der Waals surface area contributed by atoms with E-state index in [2.05, 4.69) is 10.3 Å². The fourth-order valence-corrected chi connectivity index (χ4v) is 4.37. The first-order chi connectivity index (χ1) is 18.0. The van der Waals surface area contributed by atoms with E-state index in [1.54, 1.807) is 12.1 Å². The van der Waals surface area contributed by atoms with E-state index in [1.165, 1.54) is 12.1 Å². The number of benzene rings is 1. The summed E-state index contributed by atoms with van der Waals surface area (Å²) in [6.45, 7) is 3.92. The number of nitrogens with zero attached hydrogens (tertiary/aromatic N) is 3. The van der Waals surface area contributed by atoms with Crippen LogP contribution >= 0.6 is 0 Å². The zero-order valence-electron chi connectivity index (χ0n) is 20.7. The molecule has 0 spiro atoms. The molecule has 2 aliphatic rings. The number of esters is 4. The first kappa shape index (κ1) is 26.6. The molecule has 2 heterocycles. The predicted molar refractivity (Wildman–Crippen MR) is 121 cm³/mol. The Balaban J connectivity index is 1.85. The number of aromatic nitrogens is 3. The van der Waals surface area contributed by atoms with Gasteiger partial charge in [0, 0.05) is 38.8 Å². The maximum absolute atomic E-state index is 13.4. The third kappa shape index (κ3) is 5.02. The Morgan fingerprint density at radius 1 is 0.816 bits per heavy atom. The summed E-state index contributed by atoms with van der Waals surface area (Å²) < 4.78 is 28.2. The molecule has 4 rings (SSSR count). The molecule has 0 bridgehead atoms. The zero-order chi connectivity index (χ0) is 27.7. The van der Waals surface area contributed by atoms with Gasteiger partial charge in [0.1, 0.15) is 18.4 Å². The van der Waals surface area contributed by atoms with Crippen LogP contribution in [0.4, 0.5) is 0 Å². The first-order valence-electron chi connectivity index (χ1n) is 11.4. The Hall–Kier alpha value is -4.46. The van der Waals surface area contributed by atoms with E-state index in [-0.39, 0.29) is 22.5 Å². The lowest BCUT2D eigenvalue weighted by Gasteiger charge is -2.44. The molecule has 1 aromatic carbocycles. The predicted octanol–water partition coefficient (Wildman–Crippen LogP) is 0.309. The SMILES string of the molecule is CC(=O)OC[C@H]1O[C@@H](n2nnc3c2C(=O)c2ccccc2C3=O)[C@H](OC(C)=O)[C@@H](OC(C)=O)[C@H]1OC(C)=O. The average Bonchev–Trinajstić information content (AvgIpc) is 3.28. The Morgan fingerprint density at radius 2 is 1.37 bits per heavy atom. The fraction of sp³-hybridized carbons (Fsp3) is 0.417. The van der Waals surface area contributed by atoms with Crippen molar-refractivity contribution in [2.75, 3.05) is 6.61 Å². The van der Waals surface area contributed by atoms with E-state index in [4.69, 9.17) is 23.7 Å². The summed E-state index contributed by atoms with van der Waals surface area (Å²) in [5, 5.41) is 7.82. The third-order valence-electron chi connectivity index (χ3n) is 5.75. The third-order valence-corrected chi connectivity index (χ3v) is 5.75. The van der Waals surface area contributed by atoms with E-state index < -0.39 is 72.7 Å². The maximum atomic E-state index is 13.4. The Bertz CT molecular complexity index is 1330. The molecule has 0 radical (unpaired) electrons. The standard InChI is InChI=1S/C24H23N3O11/c1-10(28)34-9-16-21(35-11(2)29)22(36-12(3)30)23(37-13(4)31)24(38-16)27-18-17(25-26-27)19(32)14-7-5-6-8-15(14)20(18)33/h5-8,16,21-24H,9H2,1-4H3/t16-,21+,22+,23-,24-/m1/s1. The Morgan fingerprint density at radius 3 is 1.95 bits per heavy atom. The largest absolute Gasteiger partial charge is 0.463 e. The molecule has 38 heavy (non-hydrogen) atoms. The number of hydrogen-bond acceptors (Lipinski definition) is 13. The lowest BCUT2D eigenvalue weighted by molar-refractivity contribution is -0.270. The number of fused-ring (bicyclic) bond motifs is 2. The molecule has 0 unspecified atom stereocenters. The smallest absolute Gasteiger partial charge is 0.303 e. The van der Waals surface area contributed by atoms with Crippen molar-refractivity contribution >= 4 is 35.4 Å². The first-order valence-corrected chi connectivity index (χ1v) is 11.4. The molecule has 1 saturated heterocycles. The van der Waals surface area contributed by atoms with Gasteiger partial charge in [-0.3, -0.25) is 28.8 Å². The molecule has 1 aromatic heterocycles. The normalized spacial score (nSPS) is 24.1. The highest BCUT2D eigenvalue weighted by atomic mass is 16.7. The molecule has 0 N–H and O–H groups in total. The molecule has 0 amide bonds. The van der Waals surface area contributed by atoms with Crippen molar-refractivity contribution in [3.05, 3.63) is 46.8 Å². The van der Waals surface area contributed by atoms with E-state index in [9.17, 15) is 28.8 Å². The summed E-state index contributed by atoms with van der Waals surface area (Å²) in [6, 6.07) is 6.12. The molecule has 200 valence electrons. The van der Waals surface area contributed by atoms with Crippen molar-refractivity contribution in [2.24, 2.45) is 0 Å². The van der Waals surface area contributed by atoms with E-state index in [0.29, 0.717) is 0 Å². The molecular weight excluding hydrogens is 506 g/mol. The van der Waals surface area contributed by atoms with Crippen LogP contribution in [0.5, 0.6) is 0 Å². The van der Waals surface area contributed by atoms with Gasteiger partial charge in [0.25, 0.3) is 0 Å². The Labute approximate surface area is 215 Å². The number of hydrogen-bond donors (Lipinski definition) is 0. The molecule has 0 saturated carbocycles. The van der Waals surface area contributed by atoms with Crippen LogP contribution in [-0.2, 0) is 42.9 Å². The van der Waals surface area contributed by atoms with Gasteiger partial charge in [-0.15, -0.1) is 5.10 Å². The second-order valence-corrected chi connectivity index (χ2v) is 8.52. The summed E-state index contributed by atoms with van der Waals surface area (Å²) in [6.07, 6.45) is -7.20. The van der Waals surface area contributed by atoms with Crippen molar-refractivity contribution in [1.82, 2.24) is 15.0 Å². The van der Waals surface area contributed by atoms with E-state index in [0.717, 1.165) is 32.4 Å². The van der Waals surface area contributed by atoms with Crippen LogP contribution < -0.4 is 0 Å². The van der Waals surface area contributed by atoms with Crippen LogP contribution in [0, 0.1) is 0 Å². The van der Waals surface area contributed by atoms with Crippen molar-refractivity contribution in [2.45, 2.75) is 58.3 Å². The van der Waals surface area contributed by atoms with Crippen LogP contribution in [0.2, 0.25) is 0 Å². The van der Waals surface area contributed by atoms with Crippen molar-refractivity contribution in [3.63, 3.8) is 0 Å². The minimum atomic E-state index is -1.53. The van der Waals surface area contributed by atoms with Gasteiger partial charge >= 0.3 is 23.9 Å². The minimum absolute atomic E-state index is 0.0965. The zero-order valence-corrected chi connectivity index (χ0v) is 20.7. The highest BCUT2D eigenvalue weighted by Gasteiger charge is 2.54. The maximum Gasteiger partial charge on any atom is 0.303 e. The number of ketones is 2. The van der Waals surface area contributed by atoms with Gasteiger partial charge in [0.2, 0.25) is 11.6 Å². The number of carbonyl (C=O) groups excluding carboxylic acids is 6. The number of ether oxygens (including phenoxy) is 5. The summed E-state index contributed by atoms with van der Waals surface area (Å²) in [4.78, 5) is 74.1. The van der Waals surface area contributed by atoms with Crippen molar-refractivity contribution in [3.8, 4) is 0 Å². The quantitative estimate of drug-likeness (QED) is 0.315. The van der Waals surface area contributed by atoms with Gasteiger partial charge in [-0.1, -0.05) is 29.5 Å². The van der Waals surface area contributed by atoms with Crippen LogP contribution in [0.3, 0.4) is 0 Å². The summed E-state index contributed by atoms with van der Waals surface area (Å²) in [5.41, 5.74) is -0.283. The molecule has 14 heteroatoms. The van der Waals surface area contributed by atoms with E-state index >= 15 is 0 Å². The van der Waals surface area contributed by atoms with Crippen LogP contribution in [-0.4, -0.2) is 81.5 Å². The molecular formula is C24H23N3O11. The monoisotopic (exact) mass is 529 g/mol.